The summed E-state index contributed by atoms with van der Waals surface area (Å²) in [4.78, 5) is 12.0. The van der Waals surface area contributed by atoms with Gasteiger partial charge in [-0.15, -0.1) is 0 Å². The van der Waals surface area contributed by atoms with Crippen molar-refractivity contribution in [3.05, 3.63) is 16.9 Å². The Morgan fingerprint density at radius 1 is 1.55 bits per heavy atom. The van der Waals surface area contributed by atoms with Gasteiger partial charge in [0, 0.05) is 12.8 Å². The summed E-state index contributed by atoms with van der Waals surface area (Å²) in [5, 5.41) is 7.28. The average molecular weight is 374 g/mol. The number of nitrogens with one attached hydrogen (secondary N) is 1. The number of rotatable bonds is 2. The standard InChI is InChI=1S/C15H24BrN3O3/c1-15(2,3)22-14(20)18-12-7-13(5-4-6-21-10-12)19-9-11(16)8-17-19/h8-9,12-13H,4-7,10H2,1-3H3,(H,18,20)/t12-,13+/m1/s1. The molecule has 0 unspecified atom stereocenters. The minimum atomic E-state index is -0.501. The van der Waals surface area contributed by atoms with Crippen LogP contribution >= 0.6 is 15.9 Å². The lowest BCUT2D eigenvalue weighted by Crippen LogP contribution is -2.43. The normalized spacial score (nSPS) is 23.5. The van der Waals surface area contributed by atoms with Crippen molar-refractivity contribution in [2.24, 2.45) is 0 Å². The molecular weight excluding hydrogens is 350 g/mol. The van der Waals surface area contributed by atoms with E-state index in [1.54, 1.807) is 6.20 Å². The average Bonchev–Trinajstić information content (AvgIpc) is 2.76. The van der Waals surface area contributed by atoms with Crippen LogP contribution in [0.25, 0.3) is 0 Å². The molecule has 22 heavy (non-hydrogen) atoms. The van der Waals surface area contributed by atoms with Crippen molar-refractivity contribution < 1.29 is 14.3 Å². The molecule has 0 aromatic carbocycles. The topological polar surface area (TPSA) is 65.4 Å². The first-order chi connectivity index (χ1) is 10.3. The molecule has 6 nitrogen and oxygen atoms in total. The summed E-state index contributed by atoms with van der Waals surface area (Å²) in [6, 6.07) is 0.165. The highest BCUT2D eigenvalue weighted by atomic mass is 79.9. The molecule has 7 heteroatoms. The molecule has 2 rings (SSSR count). The van der Waals surface area contributed by atoms with Crippen LogP contribution in [0.1, 0.15) is 46.1 Å². The predicted octanol–water partition coefficient (Wildman–Crippen LogP) is 3.28. The molecule has 1 aromatic heterocycles. The lowest BCUT2D eigenvalue weighted by atomic mass is 10.0. The van der Waals surface area contributed by atoms with Crippen molar-refractivity contribution >= 4 is 22.0 Å². The molecule has 0 spiro atoms. The van der Waals surface area contributed by atoms with Gasteiger partial charge in [0.15, 0.2) is 0 Å². The molecule has 0 aliphatic carbocycles. The molecule has 1 aromatic rings. The van der Waals surface area contributed by atoms with Crippen LogP contribution in [0.2, 0.25) is 0 Å². The van der Waals surface area contributed by atoms with Crippen LogP contribution in [0.3, 0.4) is 0 Å². The Morgan fingerprint density at radius 2 is 2.32 bits per heavy atom. The van der Waals surface area contributed by atoms with Crippen LogP contribution in [0.5, 0.6) is 0 Å². The van der Waals surface area contributed by atoms with Gasteiger partial charge < -0.3 is 14.8 Å². The van der Waals surface area contributed by atoms with Crippen molar-refractivity contribution in [1.29, 1.82) is 0 Å². The van der Waals surface area contributed by atoms with E-state index in [1.165, 1.54) is 0 Å². The van der Waals surface area contributed by atoms with Crippen molar-refractivity contribution in [1.82, 2.24) is 15.1 Å². The van der Waals surface area contributed by atoms with Crippen molar-refractivity contribution in [3.63, 3.8) is 0 Å². The number of aromatic nitrogens is 2. The lowest BCUT2D eigenvalue weighted by molar-refractivity contribution is 0.0385. The third-order valence-electron chi connectivity index (χ3n) is 3.37. The van der Waals surface area contributed by atoms with Crippen molar-refractivity contribution in [3.8, 4) is 0 Å². The molecule has 0 bridgehead atoms. The minimum absolute atomic E-state index is 0.0804. The second kappa shape index (κ2) is 7.46. The Morgan fingerprint density at radius 3 is 2.95 bits per heavy atom. The second-order valence-electron chi connectivity index (χ2n) is 6.59. The smallest absolute Gasteiger partial charge is 0.407 e. The summed E-state index contributed by atoms with van der Waals surface area (Å²) in [6.07, 6.45) is 6.08. The molecule has 1 amide bonds. The summed E-state index contributed by atoms with van der Waals surface area (Å²) in [5.74, 6) is 0. The van der Waals surface area contributed by atoms with Crippen molar-refractivity contribution in [2.45, 2.75) is 57.7 Å². The maximum atomic E-state index is 12.0. The van der Waals surface area contributed by atoms with Crippen molar-refractivity contribution in [2.75, 3.05) is 13.2 Å². The van der Waals surface area contributed by atoms with E-state index in [-0.39, 0.29) is 12.1 Å². The first-order valence-electron chi connectivity index (χ1n) is 7.60. The van der Waals surface area contributed by atoms with Gasteiger partial charge in [-0.25, -0.2) is 4.79 Å². The number of ether oxygens (including phenoxy) is 2. The monoisotopic (exact) mass is 373 g/mol. The largest absolute Gasteiger partial charge is 0.444 e. The van der Waals surface area contributed by atoms with Gasteiger partial charge in [0.05, 0.1) is 29.4 Å². The van der Waals surface area contributed by atoms with Gasteiger partial charge in [-0.2, -0.15) is 5.10 Å². The fraction of sp³-hybridized carbons (Fsp3) is 0.733. The Kier molecular flexibility index (Phi) is 5.86. The van der Waals surface area contributed by atoms with Gasteiger partial charge in [-0.05, 0) is 56.0 Å². The van der Waals surface area contributed by atoms with Crippen LogP contribution in [0.4, 0.5) is 4.79 Å². The van der Waals surface area contributed by atoms with E-state index in [4.69, 9.17) is 9.47 Å². The van der Waals surface area contributed by atoms with Gasteiger partial charge >= 0.3 is 6.09 Å². The zero-order valence-electron chi connectivity index (χ0n) is 13.3. The number of halogens is 1. The zero-order valence-corrected chi connectivity index (χ0v) is 14.9. The van der Waals surface area contributed by atoms with Gasteiger partial charge in [0.2, 0.25) is 0 Å². The molecule has 1 aliphatic heterocycles. The lowest BCUT2D eigenvalue weighted by Gasteiger charge is -2.28. The van der Waals surface area contributed by atoms with E-state index in [1.807, 2.05) is 31.6 Å². The Hall–Kier alpha value is -1.08. The molecule has 1 saturated heterocycles. The SMILES string of the molecule is CC(C)(C)OC(=O)N[C@H]1COCCC[C@H](n2cc(Br)cn2)C1. The Balaban J connectivity index is 1.98. The zero-order chi connectivity index (χ0) is 16.2. The number of carbonyl (C=O) groups is 1. The summed E-state index contributed by atoms with van der Waals surface area (Å²) in [5.41, 5.74) is -0.501. The third-order valence-corrected chi connectivity index (χ3v) is 3.78. The molecular formula is C15H24BrN3O3. The third kappa shape index (κ3) is 5.61. The van der Waals surface area contributed by atoms with E-state index in [2.05, 4.69) is 26.3 Å². The fourth-order valence-electron chi connectivity index (χ4n) is 2.49. The van der Waals surface area contributed by atoms with E-state index in [9.17, 15) is 4.79 Å². The quantitative estimate of drug-likeness (QED) is 0.863. The molecule has 1 aliphatic rings. The van der Waals surface area contributed by atoms with Crippen LogP contribution in [-0.4, -0.2) is 40.7 Å². The highest BCUT2D eigenvalue weighted by Gasteiger charge is 2.25. The molecule has 1 fully saturated rings. The molecule has 0 saturated carbocycles. The first-order valence-corrected chi connectivity index (χ1v) is 8.40. The van der Waals surface area contributed by atoms with Crippen LogP contribution in [0.15, 0.2) is 16.9 Å². The number of amides is 1. The number of alkyl carbamates (subject to hydrolysis) is 1. The molecule has 2 heterocycles. The van der Waals surface area contributed by atoms with Crippen LogP contribution in [-0.2, 0) is 9.47 Å². The van der Waals surface area contributed by atoms with E-state index < -0.39 is 11.7 Å². The minimum Gasteiger partial charge on any atom is -0.444 e. The highest BCUT2D eigenvalue weighted by Crippen LogP contribution is 2.23. The Labute approximate surface area is 139 Å². The number of carbonyl (C=O) groups excluding carboxylic acids is 1. The number of hydrogen-bond acceptors (Lipinski definition) is 4. The van der Waals surface area contributed by atoms with Gasteiger partial charge in [0.1, 0.15) is 5.60 Å². The molecule has 1 N–H and O–H groups in total. The highest BCUT2D eigenvalue weighted by molar-refractivity contribution is 9.10. The van der Waals surface area contributed by atoms with Gasteiger partial charge in [-0.1, -0.05) is 0 Å². The van der Waals surface area contributed by atoms with E-state index in [0.29, 0.717) is 13.2 Å². The number of nitrogens with zero attached hydrogens (tertiary/aromatic N) is 2. The van der Waals surface area contributed by atoms with Crippen LogP contribution in [0, 0.1) is 0 Å². The Bertz CT molecular complexity index is 498. The van der Waals surface area contributed by atoms with E-state index in [0.717, 1.165) is 23.7 Å². The van der Waals surface area contributed by atoms with Gasteiger partial charge in [-0.3, -0.25) is 4.68 Å². The molecule has 0 radical (unpaired) electrons. The van der Waals surface area contributed by atoms with Gasteiger partial charge in [0.25, 0.3) is 0 Å². The number of hydrogen-bond donors (Lipinski definition) is 1. The summed E-state index contributed by atoms with van der Waals surface area (Å²) >= 11 is 3.42. The predicted molar refractivity (Wildman–Crippen MR) is 86.8 cm³/mol. The molecule has 124 valence electrons. The maximum Gasteiger partial charge on any atom is 0.407 e. The first kappa shape index (κ1) is 17.3. The molecule has 2 atom stereocenters. The summed E-state index contributed by atoms with van der Waals surface area (Å²) in [7, 11) is 0. The second-order valence-corrected chi connectivity index (χ2v) is 7.50. The van der Waals surface area contributed by atoms with E-state index >= 15 is 0 Å². The summed E-state index contributed by atoms with van der Waals surface area (Å²) in [6.45, 7) is 6.76. The summed E-state index contributed by atoms with van der Waals surface area (Å²) < 4.78 is 13.8. The fourth-order valence-corrected chi connectivity index (χ4v) is 2.79. The van der Waals surface area contributed by atoms with Crippen LogP contribution < -0.4 is 5.32 Å². The maximum absolute atomic E-state index is 12.0.